The van der Waals surface area contributed by atoms with Crippen LogP contribution in [0.15, 0.2) is 23.1 Å². The molecule has 0 spiro atoms. The zero-order chi connectivity index (χ0) is 11.5. The molecular formula is C10H12N4OS. The molecule has 2 heterocycles. The molecule has 6 heteroatoms. The third-order valence-corrected chi connectivity index (χ3v) is 2.94. The summed E-state index contributed by atoms with van der Waals surface area (Å²) in [7, 11) is 0. The van der Waals surface area contributed by atoms with Crippen LogP contribution in [0.2, 0.25) is 0 Å². The Kier molecular flexibility index (Phi) is 3.00. The molecule has 0 saturated heterocycles. The van der Waals surface area contributed by atoms with Gasteiger partial charge in [-0.15, -0.1) is 10.2 Å². The van der Waals surface area contributed by atoms with Crippen molar-refractivity contribution in [3.63, 3.8) is 0 Å². The summed E-state index contributed by atoms with van der Waals surface area (Å²) in [5.74, 6) is 0. The smallest absolute Gasteiger partial charge is 0.260 e. The van der Waals surface area contributed by atoms with Crippen LogP contribution in [0, 0.1) is 0 Å². The molecule has 5 nitrogen and oxygen atoms in total. The van der Waals surface area contributed by atoms with Crippen LogP contribution in [0.25, 0.3) is 10.6 Å². The fraction of sp³-hybridized carbons (Fsp3) is 0.300. The standard InChI is InChI=1S/C10H12N4OS/c1-2-5-14-6-3-4-7(9(14)15)8-12-13-10(11)16-8/h3-4,6H,2,5H2,1H3,(H2,11,13). The Morgan fingerprint density at radius 2 is 2.31 bits per heavy atom. The van der Waals surface area contributed by atoms with E-state index in [1.165, 1.54) is 11.3 Å². The van der Waals surface area contributed by atoms with Crippen molar-refractivity contribution in [1.29, 1.82) is 0 Å². The van der Waals surface area contributed by atoms with Gasteiger partial charge in [0.2, 0.25) is 5.13 Å². The molecule has 0 amide bonds. The third kappa shape index (κ3) is 1.96. The second-order valence-corrected chi connectivity index (χ2v) is 4.37. The van der Waals surface area contributed by atoms with E-state index in [1.54, 1.807) is 16.8 Å². The molecule has 0 radical (unpaired) electrons. The van der Waals surface area contributed by atoms with Gasteiger partial charge in [-0.3, -0.25) is 4.79 Å². The molecule has 16 heavy (non-hydrogen) atoms. The minimum atomic E-state index is -0.0412. The summed E-state index contributed by atoms with van der Waals surface area (Å²) in [5, 5.41) is 8.54. The predicted octanol–water partition coefficient (Wildman–Crippen LogP) is 1.36. The van der Waals surface area contributed by atoms with E-state index in [1.807, 2.05) is 13.0 Å². The molecule has 0 aromatic carbocycles. The molecule has 2 N–H and O–H groups in total. The molecule has 0 fully saturated rings. The largest absolute Gasteiger partial charge is 0.374 e. The average molecular weight is 236 g/mol. The molecule has 2 aromatic heterocycles. The Bertz CT molecular complexity index is 546. The molecule has 0 unspecified atom stereocenters. The maximum atomic E-state index is 12.0. The number of pyridine rings is 1. The van der Waals surface area contributed by atoms with Crippen LogP contribution in [0.3, 0.4) is 0 Å². The maximum Gasteiger partial charge on any atom is 0.260 e. The second kappa shape index (κ2) is 4.44. The van der Waals surface area contributed by atoms with Crippen molar-refractivity contribution in [3.8, 4) is 10.6 Å². The van der Waals surface area contributed by atoms with E-state index in [0.29, 0.717) is 22.2 Å². The van der Waals surface area contributed by atoms with Gasteiger partial charge >= 0.3 is 0 Å². The van der Waals surface area contributed by atoms with Gasteiger partial charge in [-0.05, 0) is 18.6 Å². The van der Waals surface area contributed by atoms with Gasteiger partial charge in [0.15, 0.2) is 5.01 Å². The van der Waals surface area contributed by atoms with Crippen LogP contribution in [0.5, 0.6) is 0 Å². The molecule has 0 aliphatic rings. The van der Waals surface area contributed by atoms with Crippen LogP contribution in [-0.4, -0.2) is 14.8 Å². The number of rotatable bonds is 3. The summed E-state index contributed by atoms with van der Waals surface area (Å²) >= 11 is 1.22. The monoisotopic (exact) mass is 236 g/mol. The van der Waals surface area contributed by atoms with E-state index < -0.39 is 0 Å². The lowest BCUT2D eigenvalue weighted by Gasteiger charge is -2.03. The van der Waals surface area contributed by atoms with Crippen LogP contribution in [0.1, 0.15) is 13.3 Å². The third-order valence-electron chi connectivity index (χ3n) is 2.16. The highest BCUT2D eigenvalue weighted by Gasteiger charge is 2.09. The van der Waals surface area contributed by atoms with E-state index in [4.69, 9.17) is 5.73 Å². The van der Waals surface area contributed by atoms with Gasteiger partial charge in [0.1, 0.15) is 0 Å². The summed E-state index contributed by atoms with van der Waals surface area (Å²) in [6.45, 7) is 2.74. The van der Waals surface area contributed by atoms with Crippen LogP contribution in [-0.2, 0) is 6.54 Å². The Morgan fingerprint density at radius 1 is 1.50 bits per heavy atom. The van der Waals surface area contributed by atoms with Gasteiger partial charge in [0.05, 0.1) is 5.56 Å². The molecular weight excluding hydrogens is 224 g/mol. The lowest BCUT2D eigenvalue weighted by Crippen LogP contribution is -2.20. The van der Waals surface area contributed by atoms with Crippen molar-refractivity contribution in [2.24, 2.45) is 0 Å². The molecule has 0 bridgehead atoms. The number of nitrogens with two attached hydrogens (primary N) is 1. The number of hydrogen-bond donors (Lipinski definition) is 1. The molecule has 0 aliphatic carbocycles. The van der Waals surface area contributed by atoms with Gasteiger partial charge in [0, 0.05) is 12.7 Å². The first-order chi connectivity index (χ1) is 7.72. The SMILES string of the molecule is CCCn1cccc(-c2nnc(N)s2)c1=O. The number of aryl methyl sites for hydroxylation is 1. The normalized spacial score (nSPS) is 10.6. The number of nitrogen functional groups attached to an aromatic ring is 1. The summed E-state index contributed by atoms with van der Waals surface area (Å²) in [5.41, 5.74) is 6.02. The molecule has 0 atom stereocenters. The van der Waals surface area contributed by atoms with Crippen molar-refractivity contribution in [1.82, 2.24) is 14.8 Å². The van der Waals surface area contributed by atoms with E-state index in [-0.39, 0.29) is 5.56 Å². The lowest BCUT2D eigenvalue weighted by atomic mass is 10.3. The predicted molar refractivity (Wildman–Crippen MR) is 64.3 cm³/mol. The van der Waals surface area contributed by atoms with Gasteiger partial charge in [0.25, 0.3) is 5.56 Å². The van der Waals surface area contributed by atoms with Gasteiger partial charge in [-0.1, -0.05) is 18.3 Å². The maximum absolute atomic E-state index is 12.0. The van der Waals surface area contributed by atoms with E-state index in [2.05, 4.69) is 10.2 Å². The van der Waals surface area contributed by atoms with E-state index >= 15 is 0 Å². The molecule has 2 aromatic rings. The molecule has 0 saturated carbocycles. The summed E-state index contributed by atoms with van der Waals surface area (Å²) in [4.78, 5) is 12.0. The number of anilines is 1. The lowest BCUT2D eigenvalue weighted by molar-refractivity contribution is 0.655. The first-order valence-corrected chi connectivity index (χ1v) is 5.83. The summed E-state index contributed by atoms with van der Waals surface area (Å²) < 4.78 is 1.67. The quantitative estimate of drug-likeness (QED) is 0.873. The van der Waals surface area contributed by atoms with Crippen molar-refractivity contribution in [3.05, 3.63) is 28.7 Å². The molecule has 84 valence electrons. The highest BCUT2D eigenvalue weighted by atomic mass is 32.1. The van der Waals surface area contributed by atoms with Crippen molar-refractivity contribution >= 4 is 16.5 Å². The number of nitrogens with zero attached hydrogens (tertiary/aromatic N) is 3. The van der Waals surface area contributed by atoms with Gasteiger partial charge < -0.3 is 10.3 Å². The topological polar surface area (TPSA) is 73.8 Å². The van der Waals surface area contributed by atoms with Crippen molar-refractivity contribution in [2.75, 3.05) is 5.73 Å². The fourth-order valence-corrected chi connectivity index (χ4v) is 2.09. The highest BCUT2D eigenvalue weighted by Crippen LogP contribution is 2.21. The second-order valence-electron chi connectivity index (χ2n) is 3.37. The van der Waals surface area contributed by atoms with Gasteiger partial charge in [-0.2, -0.15) is 0 Å². The van der Waals surface area contributed by atoms with Crippen molar-refractivity contribution in [2.45, 2.75) is 19.9 Å². The van der Waals surface area contributed by atoms with Crippen LogP contribution < -0.4 is 11.3 Å². The number of hydrogen-bond acceptors (Lipinski definition) is 5. The first-order valence-electron chi connectivity index (χ1n) is 5.01. The first kappa shape index (κ1) is 10.8. The average Bonchev–Trinajstić information content (AvgIpc) is 2.68. The minimum Gasteiger partial charge on any atom is -0.374 e. The zero-order valence-electron chi connectivity index (χ0n) is 8.88. The minimum absolute atomic E-state index is 0.0412. The Morgan fingerprint density at radius 3 is 2.94 bits per heavy atom. The molecule has 0 aliphatic heterocycles. The fourth-order valence-electron chi connectivity index (χ4n) is 1.46. The summed E-state index contributed by atoms with van der Waals surface area (Å²) in [6, 6.07) is 3.58. The number of aromatic nitrogens is 3. The van der Waals surface area contributed by atoms with E-state index in [0.717, 1.165) is 6.42 Å². The zero-order valence-corrected chi connectivity index (χ0v) is 9.70. The molecule has 2 rings (SSSR count). The highest BCUT2D eigenvalue weighted by molar-refractivity contribution is 7.18. The van der Waals surface area contributed by atoms with Gasteiger partial charge in [-0.25, -0.2) is 0 Å². The Labute approximate surface area is 96.6 Å². The van der Waals surface area contributed by atoms with Crippen LogP contribution in [0.4, 0.5) is 5.13 Å². The Hall–Kier alpha value is -1.69. The summed E-state index contributed by atoms with van der Waals surface area (Å²) in [6.07, 6.45) is 2.70. The van der Waals surface area contributed by atoms with Crippen molar-refractivity contribution < 1.29 is 0 Å². The van der Waals surface area contributed by atoms with E-state index in [9.17, 15) is 4.79 Å². The Balaban J connectivity index is 2.50. The van der Waals surface area contributed by atoms with Crippen LogP contribution >= 0.6 is 11.3 Å².